The maximum Gasteiger partial charge on any atom is 0.401 e. The summed E-state index contributed by atoms with van der Waals surface area (Å²) in [5.41, 5.74) is 0.460. The molecule has 0 unspecified atom stereocenters. The van der Waals surface area contributed by atoms with E-state index in [1.165, 1.54) is 0 Å². The Morgan fingerprint density at radius 1 is 1.16 bits per heavy atom. The summed E-state index contributed by atoms with van der Waals surface area (Å²) in [7, 11) is 0. The number of alkyl halides is 3. The van der Waals surface area contributed by atoms with Gasteiger partial charge in [-0.3, -0.25) is 4.79 Å². The highest BCUT2D eigenvalue weighted by Gasteiger charge is 2.26. The van der Waals surface area contributed by atoms with E-state index in [9.17, 15) is 18.0 Å². The van der Waals surface area contributed by atoms with Crippen molar-refractivity contribution in [1.82, 2.24) is 5.32 Å². The summed E-state index contributed by atoms with van der Waals surface area (Å²) in [4.78, 5) is 11.5. The van der Waals surface area contributed by atoms with Crippen molar-refractivity contribution in [1.29, 1.82) is 0 Å². The number of halogens is 6. The van der Waals surface area contributed by atoms with Crippen molar-refractivity contribution < 1.29 is 18.0 Å². The van der Waals surface area contributed by atoms with Crippen LogP contribution in [0.25, 0.3) is 0 Å². The van der Waals surface area contributed by atoms with Crippen LogP contribution in [0.5, 0.6) is 0 Å². The molecule has 0 aliphatic rings. The third-order valence-corrected chi connectivity index (χ3v) is 3.59. The Labute approximate surface area is 132 Å². The van der Waals surface area contributed by atoms with Gasteiger partial charge < -0.3 is 10.6 Å². The van der Waals surface area contributed by atoms with Crippen LogP contribution in [0.15, 0.2) is 25.6 Å². The van der Waals surface area contributed by atoms with Crippen LogP contribution in [0.1, 0.15) is 0 Å². The average Bonchev–Trinajstić information content (AvgIpc) is 2.21. The van der Waals surface area contributed by atoms with E-state index < -0.39 is 25.2 Å². The Balaban J connectivity index is 2.58. The highest BCUT2D eigenvalue weighted by molar-refractivity contribution is 9.11. The Kier molecular flexibility index (Phi) is 6.28. The van der Waals surface area contributed by atoms with Crippen molar-refractivity contribution in [3.05, 3.63) is 25.6 Å². The Morgan fingerprint density at radius 3 is 2.16 bits per heavy atom. The van der Waals surface area contributed by atoms with Crippen LogP contribution in [-0.2, 0) is 4.79 Å². The molecule has 0 heterocycles. The van der Waals surface area contributed by atoms with Gasteiger partial charge in [0.2, 0.25) is 5.91 Å². The zero-order valence-corrected chi connectivity index (χ0v) is 14.0. The monoisotopic (exact) mass is 466 g/mol. The topological polar surface area (TPSA) is 41.1 Å². The fraction of sp³-hybridized carbons (Fsp3) is 0.300. The molecule has 0 radical (unpaired) electrons. The van der Waals surface area contributed by atoms with Gasteiger partial charge in [0.05, 0.1) is 18.8 Å². The summed E-state index contributed by atoms with van der Waals surface area (Å²) in [6.07, 6.45) is -4.33. The molecule has 1 aromatic carbocycles. The van der Waals surface area contributed by atoms with Gasteiger partial charge in [-0.25, -0.2) is 0 Å². The number of carbonyl (C=O) groups excluding carboxylic acids is 1. The lowest BCUT2D eigenvalue weighted by Gasteiger charge is -2.11. The summed E-state index contributed by atoms with van der Waals surface area (Å²) < 4.78 is 37.7. The largest absolute Gasteiger partial charge is 0.401 e. The summed E-state index contributed by atoms with van der Waals surface area (Å²) in [6.45, 7) is -1.63. The molecule has 19 heavy (non-hydrogen) atoms. The van der Waals surface area contributed by atoms with Gasteiger partial charge in [0.15, 0.2) is 0 Å². The number of nitrogens with one attached hydrogen (secondary N) is 2. The molecule has 1 rings (SSSR count). The van der Waals surface area contributed by atoms with Crippen LogP contribution in [0.3, 0.4) is 0 Å². The lowest BCUT2D eigenvalue weighted by molar-refractivity contribution is -0.126. The molecular formula is C10H8Br3F3N2O. The standard InChI is InChI=1S/C10H8Br3F3N2O/c11-5-1-6(12)9(7(13)2-5)18-8(19)3-17-4-10(14,15)16/h1-2,17H,3-4H2,(H,18,19). The quantitative estimate of drug-likeness (QED) is 0.699. The number of anilines is 1. The van der Waals surface area contributed by atoms with E-state index in [0.29, 0.717) is 14.6 Å². The number of rotatable bonds is 4. The SMILES string of the molecule is O=C(CNCC(F)(F)F)Nc1c(Br)cc(Br)cc1Br. The molecule has 0 atom stereocenters. The summed E-state index contributed by atoms with van der Waals surface area (Å²) in [5.74, 6) is -0.562. The Morgan fingerprint density at radius 2 is 1.68 bits per heavy atom. The predicted molar refractivity (Wildman–Crippen MR) is 77.1 cm³/mol. The molecule has 0 spiro atoms. The molecule has 0 aliphatic carbocycles. The third kappa shape index (κ3) is 6.24. The van der Waals surface area contributed by atoms with Gasteiger partial charge in [-0.2, -0.15) is 13.2 Å². The fourth-order valence-corrected chi connectivity index (χ4v) is 3.62. The second kappa shape index (κ2) is 7.05. The molecule has 2 N–H and O–H groups in total. The zero-order valence-electron chi connectivity index (χ0n) is 9.24. The van der Waals surface area contributed by atoms with Crippen LogP contribution in [0.4, 0.5) is 18.9 Å². The van der Waals surface area contributed by atoms with Gasteiger partial charge in [0.25, 0.3) is 0 Å². The molecule has 0 aromatic heterocycles. The van der Waals surface area contributed by atoms with Crippen molar-refractivity contribution >= 4 is 59.4 Å². The minimum Gasteiger partial charge on any atom is -0.323 e. The van der Waals surface area contributed by atoms with Gasteiger partial charge >= 0.3 is 6.18 Å². The lowest BCUT2D eigenvalue weighted by atomic mass is 10.3. The maximum atomic E-state index is 11.9. The number of carbonyl (C=O) groups is 1. The molecule has 1 aromatic rings. The molecular weight excluding hydrogens is 461 g/mol. The van der Waals surface area contributed by atoms with Crippen LogP contribution in [0.2, 0.25) is 0 Å². The first kappa shape index (κ1) is 16.9. The van der Waals surface area contributed by atoms with Gasteiger partial charge in [0, 0.05) is 13.4 Å². The van der Waals surface area contributed by atoms with E-state index in [4.69, 9.17) is 0 Å². The van der Waals surface area contributed by atoms with E-state index in [2.05, 4.69) is 53.1 Å². The van der Waals surface area contributed by atoms with E-state index in [1.807, 2.05) is 5.32 Å². The average molecular weight is 469 g/mol. The van der Waals surface area contributed by atoms with Crippen LogP contribution >= 0.6 is 47.8 Å². The number of benzene rings is 1. The second-order valence-corrected chi connectivity index (χ2v) is 6.14. The van der Waals surface area contributed by atoms with Crippen LogP contribution in [-0.4, -0.2) is 25.2 Å². The van der Waals surface area contributed by atoms with E-state index in [0.717, 1.165) is 4.47 Å². The van der Waals surface area contributed by atoms with Crippen molar-refractivity contribution in [3.8, 4) is 0 Å². The molecule has 0 saturated carbocycles. The summed E-state index contributed by atoms with van der Waals surface area (Å²) >= 11 is 9.77. The number of hydrogen-bond acceptors (Lipinski definition) is 2. The summed E-state index contributed by atoms with van der Waals surface area (Å²) in [6, 6.07) is 3.42. The predicted octanol–water partition coefficient (Wildman–Crippen LogP) is 4.06. The van der Waals surface area contributed by atoms with Gasteiger partial charge in [-0.15, -0.1) is 0 Å². The molecule has 9 heteroatoms. The van der Waals surface area contributed by atoms with Gasteiger partial charge in [0.1, 0.15) is 0 Å². The lowest BCUT2D eigenvalue weighted by Crippen LogP contribution is -2.35. The zero-order chi connectivity index (χ0) is 14.6. The van der Waals surface area contributed by atoms with E-state index in [-0.39, 0.29) is 0 Å². The first-order valence-electron chi connectivity index (χ1n) is 4.91. The van der Waals surface area contributed by atoms with E-state index in [1.54, 1.807) is 12.1 Å². The second-order valence-electron chi connectivity index (χ2n) is 3.51. The Bertz CT molecular complexity index is 457. The third-order valence-electron chi connectivity index (χ3n) is 1.88. The van der Waals surface area contributed by atoms with Crippen LogP contribution in [0, 0.1) is 0 Å². The first-order chi connectivity index (χ1) is 8.69. The maximum absolute atomic E-state index is 11.9. The normalized spacial score (nSPS) is 11.5. The fourth-order valence-electron chi connectivity index (χ4n) is 1.16. The highest BCUT2D eigenvalue weighted by Crippen LogP contribution is 2.34. The van der Waals surface area contributed by atoms with Crippen molar-refractivity contribution in [2.45, 2.75) is 6.18 Å². The number of hydrogen-bond donors (Lipinski definition) is 2. The Hall–Kier alpha value is -0.120. The van der Waals surface area contributed by atoms with Crippen molar-refractivity contribution in [2.24, 2.45) is 0 Å². The smallest absolute Gasteiger partial charge is 0.323 e. The van der Waals surface area contributed by atoms with Crippen molar-refractivity contribution in [2.75, 3.05) is 18.4 Å². The summed E-state index contributed by atoms with van der Waals surface area (Å²) in [5, 5.41) is 4.53. The minimum atomic E-state index is -4.33. The minimum absolute atomic E-state index is 0.422. The van der Waals surface area contributed by atoms with Gasteiger partial charge in [-0.1, -0.05) is 15.9 Å². The molecule has 0 saturated heterocycles. The first-order valence-corrected chi connectivity index (χ1v) is 7.29. The molecule has 0 fully saturated rings. The van der Waals surface area contributed by atoms with Crippen LogP contribution < -0.4 is 10.6 Å². The van der Waals surface area contributed by atoms with Gasteiger partial charge in [-0.05, 0) is 44.0 Å². The number of amides is 1. The highest BCUT2D eigenvalue weighted by atomic mass is 79.9. The molecule has 1 amide bonds. The van der Waals surface area contributed by atoms with E-state index >= 15 is 0 Å². The molecule has 0 aliphatic heterocycles. The molecule has 0 bridgehead atoms. The molecule has 106 valence electrons. The van der Waals surface area contributed by atoms with Crippen molar-refractivity contribution in [3.63, 3.8) is 0 Å². The molecule has 3 nitrogen and oxygen atoms in total.